The van der Waals surface area contributed by atoms with E-state index in [4.69, 9.17) is 16.3 Å². The van der Waals surface area contributed by atoms with Crippen molar-refractivity contribution in [3.63, 3.8) is 0 Å². The van der Waals surface area contributed by atoms with Crippen LogP contribution in [-0.4, -0.2) is 29.7 Å². The molecule has 3 aromatic carbocycles. The molecular formula is C26H22ClN3O3S2. The molecule has 35 heavy (non-hydrogen) atoms. The van der Waals surface area contributed by atoms with Crippen molar-refractivity contribution in [1.82, 2.24) is 4.98 Å². The number of ether oxygens (including phenoxy) is 1. The van der Waals surface area contributed by atoms with E-state index in [0.717, 1.165) is 27.5 Å². The molecule has 2 N–H and O–H groups in total. The number of halogens is 1. The number of methoxy groups -OCH3 is 1. The molecule has 1 heterocycles. The summed E-state index contributed by atoms with van der Waals surface area (Å²) in [4.78, 5) is 30.2. The third-order valence-electron chi connectivity index (χ3n) is 4.88. The molecule has 0 aliphatic carbocycles. The molecule has 1 aromatic heterocycles. The van der Waals surface area contributed by atoms with E-state index >= 15 is 0 Å². The fourth-order valence-corrected chi connectivity index (χ4v) is 4.82. The van der Waals surface area contributed by atoms with Gasteiger partial charge in [0.25, 0.3) is 0 Å². The zero-order valence-electron chi connectivity index (χ0n) is 18.8. The number of hydrogen-bond acceptors (Lipinski definition) is 6. The highest BCUT2D eigenvalue weighted by atomic mass is 35.5. The second-order valence-electron chi connectivity index (χ2n) is 7.49. The van der Waals surface area contributed by atoms with Crippen LogP contribution in [-0.2, 0) is 16.0 Å². The number of thioether (sulfide) groups is 1. The lowest BCUT2D eigenvalue weighted by Gasteiger charge is -2.08. The van der Waals surface area contributed by atoms with Gasteiger partial charge in [0.15, 0.2) is 5.13 Å². The summed E-state index contributed by atoms with van der Waals surface area (Å²) in [5, 5.41) is 8.81. The van der Waals surface area contributed by atoms with Gasteiger partial charge in [0, 0.05) is 26.5 Å². The van der Waals surface area contributed by atoms with E-state index < -0.39 is 0 Å². The summed E-state index contributed by atoms with van der Waals surface area (Å²) in [6.45, 7) is 0. The molecule has 0 spiro atoms. The van der Waals surface area contributed by atoms with Gasteiger partial charge in [0.2, 0.25) is 11.8 Å². The summed E-state index contributed by atoms with van der Waals surface area (Å²) in [6, 6.07) is 22.2. The van der Waals surface area contributed by atoms with Gasteiger partial charge in [-0.2, -0.15) is 0 Å². The minimum atomic E-state index is -0.154. The van der Waals surface area contributed by atoms with Crippen LogP contribution in [0, 0.1) is 0 Å². The number of amides is 2. The Morgan fingerprint density at radius 2 is 1.80 bits per heavy atom. The maximum absolute atomic E-state index is 12.5. The molecule has 178 valence electrons. The van der Waals surface area contributed by atoms with E-state index in [2.05, 4.69) is 15.6 Å². The summed E-state index contributed by atoms with van der Waals surface area (Å²) in [7, 11) is 1.62. The van der Waals surface area contributed by atoms with E-state index in [9.17, 15) is 9.59 Å². The Hall–Kier alpha value is -3.33. The second kappa shape index (κ2) is 11.9. The third kappa shape index (κ3) is 7.32. The van der Waals surface area contributed by atoms with Gasteiger partial charge in [-0.25, -0.2) is 4.98 Å². The second-order valence-corrected chi connectivity index (χ2v) is 9.83. The Bertz CT molecular complexity index is 1330. The first kappa shape index (κ1) is 24.8. The average molecular weight is 524 g/mol. The molecular weight excluding hydrogens is 502 g/mol. The Balaban J connectivity index is 1.28. The van der Waals surface area contributed by atoms with Gasteiger partial charge < -0.3 is 15.4 Å². The van der Waals surface area contributed by atoms with Crippen LogP contribution in [0.2, 0.25) is 5.02 Å². The number of nitrogens with zero attached hydrogens (tertiary/aromatic N) is 1. The largest absolute Gasteiger partial charge is 0.497 e. The van der Waals surface area contributed by atoms with Crippen molar-refractivity contribution in [2.24, 2.45) is 0 Å². The van der Waals surface area contributed by atoms with E-state index in [1.807, 2.05) is 66.0 Å². The van der Waals surface area contributed by atoms with E-state index in [1.54, 1.807) is 19.2 Å². The van der Waals surface area contributed by atoms with Crippen molar-refractivity contribution in [3.05, 3.63) is 88.8 Å². The lowest BCUT2D eigenvalue weighted by atomic mass is 10.1. The molecule has 0 fully saturated rings. The summed E-state index contributed by atoms with van der Waals surface area (Å²) < 4.78 is 5.26. The molecule has 0 saturated heterocycles. The van der Waals surface area contributed by atoms with Crippen molar-refractivity contribution in [2.45, 2.75) is 11.3 Å². The predicted molar refractivity (Wildman–Crippen MR) is 144 cm³/mol. The molecule has 9 heteroatoms. The maximum atomic E-state index is 12.5. The van der Waals surface area contributed by atoms with Gasteiger partial charge in [-0.1, -0.05) is 41.9 Å². The Kier molecular flexibility index (Phi) is 8.41. The molecule has 6 nitrogen and oxygen atoms in total. The quantitative estimate of drug-likeness (QED) is 0.249. The fourth-order valence-electron chi connectivity index (χ4n) is 3.21. The number of rotatable bonds is 9. The molecule has 0 aliphatic heterocycles. The first-order valence-corrected chi connectivity index (χ1v) is 12.9. The Morgan fingerprint density at radius 3 is 2.60 bits per heavy atom. The number of aromatic nitrogens is 1. The fraction of sp³-hybridized carbons (Fsp3) is 0.115. The van der Waals surface area contributed by atoms with Crippen LogP contribution in [0.15, 0.2) is 83.1 Å². The van der Waals surface area contributed by atoms with Gasteiger partial charge in [0.05, 0.1) is 25.0 Å². The van der Waals surface area contributed by atoms with Crippen LogP contribution in [0.3, 0.4) is 0 Å². The molecule has 4 rings (SSSR count). The standard InChI is InChI=1S/C26H22ClN3O3S2/c1-33-21-6-2-4-18(13-21)23-15-35-26(29-23)30-25(32)16-34-22-7-3-5-20(14-22)28-24(31)12-17-8-10-19(27)11-9-17/h2-11,13-15H,12,16H2,1H3,(H,28,31)(H,29,30,32). The van der Waals surface area contributed by atoms with Crippen LogP contribution in [0.25, 0.3) is 11.3 Å². The summed E-state index contributed by atoms with van der Waals surface area (Å²) in [5.41, 5.74) is 3.26. The molecule has 4 aromatic rings. The average Bonchev–Trinajstić information content (AvgIpc) is 3.33. The zero-order valence-corrected chi connectivity index (χ0v) is 21.2. The maximum Gasteiger partial charge on any atom is 0.236 e. The van der Waals surface area contributed by atoms with Gasteiger partial charge >= 0.3 is 0 Å². The summed E-state index contributed by atoms with van der Waals surface area (Å²) in [6.07, 6.45) is 0.252. The highest BCUT2D eigenvalue weighted by Crippen LogP contribution is 2.28. The molecule has 0 atom stereocenters. The molecule has 2 amide bonds. The number of benzene rings is 3. The van der Waals surface area contributed by atoms with Crippen LogP contribution in [0.4, 0.5) is 10.8 Å². The van der Waals surface area contributed by atoms with Gasteiger partial charge in [-0.3, -0.25) is 9.59 Å². The number of nitrogens with one attached hydrogen (secondary N) is 2. The highest BCUT2D eigenvalue weighted by Gasteiger charge is 2.10. The lowest BCUT2D eigenvalue weighted by Crippen LogP contribution is -2.15. The molecule has 0 radical (unpaired) electrons. The summed E-state index contributed by atoms with van der Waals surface area (Å²) in [5.74, 6) is 0.693. The molecule has 0 bridgehead atoms. The van der Waals surface area contributed by atoms with Crippen molar-refractivity contribution < 1.29 is 14.3 Å². The number of anilines is 2. The van der Waals surface area contributed by atoms with Gasteiger partial charge in [-0.15, -0.1) is 23.1 Å². The van der Waals surface area contributed by atoms with Crippen molar-refractivity contribution in [3.8, 4) is 17.0 Å². The van der Waals surface area contributed by atoms with Crippen LogP contribution in [0.1, 0.15) is 5.56 Å². The molecule has 0 unspecified atom stereocenters. The van der Waals surface area contributed by atoms with Crippen molar-refractivity contribution in [1.29, 1.82) is 0 Å². The number of carbonyl (C=O) groups is 2. The lowest BCUT2D eigenvalue weighted by molar-refractivity contribution is -0.115. The SMILES string of the molecule is COc1cccc(-c2csc(NC(=O)CSc3cccc(NC(=O)Cc4ccc(Cl)cc4)c3)n2)c1. The first-order chi connectivity index (χ1) is 17.0. The first-order valence-electron chi connectivity index (χ1n) is 10.7. The predicted octanol–water partition coefficient (Wildman–Crippen LogP) is 6.38. The molecule has 0 aliphatic rings. The number of hydrogen-bond donors (Lipinski definition) is 2. The summed E-state index contributed by atoms with van der Waals surface area (Å²) >= 11 is 8.65. The van der Waals surface area contributed by atoms with Crippen LogP contribution < -0.4 is 15.4 Å². The Labute approximate surface area is 216 Å². The monoisotopic (exact) mass is 523 g/mol. The van der Waals surface area contributed by atoms with E-state index in [0.29, 0.717) is 15.8 Å². The van der Waals surface area contributed by atoms with Crippen LogP contribution in [0.5, 0.6) is 5.75 Å². The zero-order chi connectivity index (χ0) is 24.6. The minimum absolute atomic E-state index is 0.122. The number of carbonyl (C=O) groups excluding carboxylic acids is 2. The topological polar surface area (TPSA) is 80.3 Å². The third-order valence-corrected chi connectivity index (χ3v) is 6.89. The van der Waals surface area contributed by atoms with Crippen molar-refractivity contribution in [2.75, 3.05) is 23.5 Å². The minimum Gasteiger partial charge on any atom is -0.497 e. The van der Waals surface area contributed by atoms with Gasteiger partial charge in [-0.05, 0) is 48.0 Å². The normalized spacial score (nSPS) is 10.6. The van der Waals surface area contributed by atoms with Crippen molar-refractivity contribution >= 4 is 57.3 Å². The number of thiazole rings is 1. The van der Waals surface area contributed by atoms with Gasteiger partial charge in [0.1, 0.15) is 5.75 Å². The van der Waals surface area contributed by atoms with E-state index in [-0.39, 0.29) is 24.0 Å². The highest BCUT2D eigenvalue weighted by molar-refractivity contribution is 8.00. The van der Waals surface area contributed by atoms with Crippen LogP contribution >= 0.6 is 34.7 Å². The van der Waals surface area contributed by atoms with E-state index in [1.165, 1.54) is 23.1 Å². The Morgan fingerprint density at radius 1 is 1.00 bits per heavy atom. The molecule has 0 saturated carbocycles. The smallest absolute Gasteiger partial charge is 0.236 e.